The molecule has 0 saturated carbocycles. The molecule has 1 heterocycles. The highest BCUT2D eigenvalue weighted by molar-refractivity contribution is 6.63. The van der Waals surface area contributed by atoms with Gasteiger partial charge in [0.05, 0.1) is 18.3 Å². The maximum atomic E-state index is 9.59. The molecule has 2 rings (SSSR count). The van der Waals surface area contributed by atoms with Crippen LogP contribution in [0.3, 0.4) is 0 Å². The Kier molecular flexibility index (Phi) is 3.07. The Morgan fingerprint density at radius 2 is 1.67 bits per heavy atom. The van der Waals surface area contributed by atoms with Crippen molar-refractivity contribution in [3.63, 3.8) is 0 Å². The average molecular weight is 250 g/mol. The van der Waals surface area contributed by atoms with Crippen LogP contribution in [0, 0.1) is 0 Å². The van der Waals surface area contributed by atoms with Crippen LogP contribution in [0.2, 0.25) is 0 Å². The summed E-state index contributed by atoms with van der Waals surface area (Å²) in [5, 5.41) is 9.59. The zero-order valence-electron chi connectivity index (χ0n) is 11.5. The number of benzene rings is 1. The lowest BCUT2D eigenvalue weighted by molar-refractivity contribution is 0.00578. The summed E-state index contributed by atoms with van der Waals surface area (Å²) in [5.74, 6) is 0.812. The molecule has 0 bridgehead atoms. The molecule has 1 aromatic rings. The van der Waals surface area contributed by atoms with Crippen LogP contribution < -0.4 is 10.2 Å². The molecular weight excluding hydrogens is 231 g/mol. The summed E-state index contributed by atoms with van der Waals surface area (Å²) in [4.78, 5) is 0. The summed E-state index contributed by atoms with van der Waals surface area (Å²) in [7, 11) is 1.05. The van der Waals surface area contributed by atoms with E-state index in [4.69, 9.17) is 14.0 Å². The van der Waals surface area contributed by atoms with Crippen molar-refractivity contribution in [1.29, 1.82) is 0 Å². The van der Waals surface area contributed by atoms with Crippen molar-refractivity contribution in [2.45, 2.75) is 38.9 Å². The highest BCUT2D eigenvalue weighted by Gasteiger charge is 2.52. The SMILES string of the molecule is COc1ccc(O)cc1B1OC(C)(C)C(C)(C)O1. The zero-order chi connectivity index (χ0) is 13.6. The topological polar surface area (TPSA) is 47.9 Å². The van der Waals surface area contributed by atoms with Crippen LogP contribution in [-0.4, -0.2) is 30.5 Å². The van der Waals surface area contributed by atoms with Crippen LogP contribution in [0.5, 0.6) is 11.5 Å². The summed E-state index contributed by atoms with van der Waals surface area (Å²) in [5.41, 5.74) is -0.112. The van der Waals surface area contributed by atoms with E-state index < -0.39 is 18.3 Å². The third-order valence-electron chi connectivity index (χ3n) is 3.72. The van der Waals surface area contributed by atoms with Crippen molar-refractivity contribution in [1.82, 2.24) is 0 Å². The van der Waals surface area contributed by atoms with Crippen LogP contribution in [-0.2, 0) is 9.31 Å². The van der Waals surface area contributed by atoms with Crippen molar-refractivity contribution >= 4 is 12.6 Å². The van der Waals surface area contributed by atoms with Gasteiger partial charge in [0, 0.05) is 5.46 Å². The molecule has 0 spiro atoms. The summed E-state index contributed by atoms with van der Waals surface area (Å²) in [6, 6.07) is 4.89. The molecular formula is C13H19BO4. The molecule has 1 aliphatic heterocycles. The first kappa shape index (κ1) is 13.2. The number of rotatable bonds is 2. The second-order valence-electron chi connectivity index (χ2n) is 5.51. The number of ether oxygens (including phenoxy) is 1. The summed E-state index contributed by atoms with van der Waals surface area (Å²) < 4.78 is 17.1. The molecule has 1 N–H and O–H groups in total. The molecule has 18 heavy (non-hydrogen) atoms. The van der Waals surface area contributed by atoms with Gasteiger partial charge >= 0.3 is 7.12 Å². The Bertz CT molecular complexity index is 440. The Morgan fingerprint density at radius 1 is 1.11 bits per heavy atom. The molecule has 1 fully saturated rings. The lowest BCUT2D eigenvalue weighted by Gasteiger charge is -2.32. The van der Waals surface area contributed by atoms with Gasteiger partial charge in [-0.25, -0.2) is 0 Å². The monoisotopic (exact) mass is 250 g/mol. The first-order chi connectivity index (χ1) is 8.27. The molecule has 98 valence electrons. The molecule has 1 aromatic carbocycles. The highest BCUT2D eigenvalue weighted by atomic mass is 16.7. The quantitative estimate of drug-likeness (QED) is 0.811. The van der Waals surface area contributed by atoms with Gasteiger partial charge in [-0.3, -0.25) is 0 Å². The number of phenolic OH excluding ortho intramolecular Hbond substituents is 1. The number of hydrogen-bond donors (Lipinski definition) is 1. The molecule has 0 radical (unpaired) electrons. The predicted molar refractivity (Wildman–Crippen MR) is 70.4 cm³/mol. The van der Waals surface area contributed by atoms with Gasteiger partial charge in [-0.2, -0.15) is 0 Å². The van der Waals surface area contributed by atoms with E-state index >= 15 is 0 Å². The minimum Gasteiger partial charge on any atom is -0.508 e. The van der Waals surface area contributed by atoms with Crippen LogP contribution >= 0.6 is 0 Å². The van der Waals surface area contributed by atoms with Gasteiger partial charge in [-0.15, -0.1) is 0 Å². The molecule has 4 nitrogen and oxygen atoms in total. The van der Waals surface area contributed by atoms with Gasteiger partial charge in [-0.05, 0) is 45.9 Å². The van der Waals surface area contributed by atoms with Crippen molar-refractivity contribution in [2.24, 2.45) is 0 Å². The molecule has 0 aromatic heterocycles. The van der Waals surface area contributed by atoms with Gasteiger partial charge in [-0.1, -0.05) is 0 Å². The largest absolute Gasteiger partial charge is 0.508 e. The molecule has 0 amide bonds. The first-order valence-corrected chi connectivity index (χ1v) is 5.99. The molecule has 0 unspecified atom stereocenters. The van der Waals surface area contributed by atoms with E-state index in [0.29, 0.717) is 11.2 Å². The minimum absolute atomic E-state index is 0.167. The van der Waals surface area contributed by atoms with Gasteiger partial charge in [0.1, 0.15) is 11.5 Å². The lowest BCUT2D eigenvalue weighted by Crippen LogP contribution is -2.41. The van der Waals surface area contributed by atoms with E-state index in [2.05, 4.69) is 0 Å². The molecule has 0 aliphatic carbocycles. The predicted octanol–water partition coefficient (Wildman–Crippen LogP) is 1.70. The fraction of sp³-hybridized carbons (Fsp3) is 0.538. The fourth-order valence-corrected chi connectivity index (χ4v) is 1.88. The Hall–Kier alpha value is -1.20. The van der Waals surface area contributed by atoms with Gasteiger partial charge in [0.2, 0.25) is 0 Å². The number of aromatic hydroxyl groups is 1. The van der Waals surface area contributed by atoms with Crippen LogP contribution in [0.25, 0.3) is 0 Å². The van der Waals surface area contributed by atoms with Gasteiger partial charge in [0.15, 0.2) is 0 Å². The van der Waals surface area contributed by atoms with Gasteiger partial charge < -0.3 is 19.2 Å². The Morgan fingerprint density at radius 3 is 2.17 bits per heavy atom. The maximum absolute atomic E-state index is 9.59. The van der Waals surface area contributed by atoms with E-state index in [0.717, 1.165) is 0 Å². The minimum atomic E-state index is -0.531. The summed E-state index contributed by atoms with van der Waals surface area (Å²) in [6.45, 7) is 7.95. The number of hydrogen-bond acceptors (Lipinski definition) is 4. The van der Waals surface area contributed by atoms with E-state index in [1.54, 1.807) is 25.3 Å². The standard InChI is InChI=1S/C13H19BO4/c1-12(2)13(3,4)18-14(17-12)10-8-9(15)6-7-11(10)16-5/h6-8,15H,1-5H3. The van der Waals surface area contributed by atoms with E-state index in [1.807, 2.05) is 27.7 Å². The summed E-state index contributed by atoms with van der Waals surface area (Å²) in [6.07, 6.45) is 0. The van der Waals surface area contributed by atoms with Crippen LogP contribution in [0.1, 0.15) is 27.7 Å². The number of methoxy groups -OCH3 is 1. The zero-order valence-corrected chi connectivity index (χ0v) is 11.5. The van der Waals surface area contributed by atoms with Crippen molar-refractivity contribution in [3.05, 3.63) is 18.2 Å². The average Bonchev–Trinajstić information content (AvgIpc) is 2.48. The van der Waals surface area contributed by atoms with E-state index in [-0.39, 0.29) is 5.75 Å². The molecule has 0 atom stereocenters. The lowest BCUT2D eigenvalue weighted by atomic mass is 9.78. The van der Waals surface area contributed by atoms with Crippen molar-refractivity contribution < 1.29 is 19.2 Å². The van der Waals surface area contributed by atoms with Gasteiger partial charge in [0.25, 0.3) is 0 Å². The Labute approximate surface area is 108 Å². The smallest absolute Gasteiger partial charge is 0.498 e. The van der Waals surface area contributed by atoms with Crippen LogP contribution in [0.4, 0.5) is 0 Å². The van der Waals surface area contributed by atoms with E-state index in [9.17, 15) is 5.11 Å². The fourth-order valence-electron chi connectivity index (χ4n) is 1.88. The second kappa shape index (κ2) is 4.18. The van der Waals surface area contributed by atoms with Crippen LogP contribution in [0.15, 0.2) is 18.2 Å². The van der Waals surface area contributed by atoms with Crippen molar-refractivity contribution in [3.8, 4) is 11.5 Å². The maximum Gasteiger partial charge on any atom is 0.498 e. The third kappa shape index (κ3) is 2.08. The Balaban J connectivity index is 2.37. The first-order valence-electron chi connectivity index (χ1n) is 5.99. The van der Waals surface area contributed by atoms with E-state index in [1.165, 1.54) is 0 Å². The summed E-state index contributed by atoms with van der Waals surface area (Å²) >= 11 is 0. The number of phenols is 1. The molecule has 5 heteroatoms. The third-order valence-corrected chi connectivity index (χ3v) is 3.72. The molecule has 1 aliphatic rings. The molecule has 1 saturated heterocycles. The normalized spacial score (nSPS) is 21.1. The second-order valence-corrected chi connectivity index (χ2v) is 5.51. The van der Waals surface area contributed by atoms with Crippen molar-refractivity contribution in [2.75, 3.05) is 7.11 Å². The highest BCUT2D eigenvalue weighted by Crippen LogP contribution is 2.37.